The maximum Gasteiger partial charge on any atom is 0.0606 e. The molecule has 1 aromatic heterocycles. The fourth-order valence-corrected chi connectivity index (χ4v) is 1.69. The minimum atomic E-state index is -0.0361. The molecule has 96 valence electrons. The Bertz CT molecular complexity index is 311. The number of aliphatic hydroxyl groups excluding tert-OH is 1. The second-order valence-electron chi connectivity index (χ2n) is 4.29. The van der Waals surface area contributed by atoms with Gasteiger partial charge in [0.1, 0.15) is 0 Å². The van der Waals surface area contributed by atoms with Crippen molar-refractivity contribution in [1.29, 1.82) is 0 Å². The molecular formula is C13H23N3O. The van der Waals surface area contributed by atoms with Gasteiger partial charge < -0.3 is 15.7 Å². The fourth-order valence-electron chi connectivity index (χ4n) is 1.69. The van der Waals surface area contributed by atoms with E-state index in [1.807, 2.05) is 25.3 Å². The number of anilines is 1. The normalized spacial score (nSPS) is 12.5. The first-order valence-corrected chi connectivity index (χ1v) is 6.26. The van der Waals surface area contributed by atoms with Crippen LogP contribution in [-0.2, 0) is 0 Å². The smallest absolute Gasteiger partial charge is 0.0606 e. The Kier molecular flexibility index (Phi) is 5.94. The van der Waals surface area contributed by atoms with Crippen LogP contribution in [0.3, 0.4) is 0 Å². The molecule has 1 aromatic rings. The van der Waals surface area contributed by atoms with Gasteiger partial charge >= 0.3 is 0 Å². The van der Waals surface area contributed by atoms with Crippen molar-refractivity contribution in [1.82, 2.24) is 4.98 Å². The van der Waals surface area contributed by atoms with Crippen molar-refractivity contribution in [3.8, 4) is 0 Å². The maximum absolute atomic E-state index is 9.06. The highest BCUT2D eigenvalue weighted by Crippen LogP contribution is 2.15. The third kappa shape index (κ3) is 4.32. The molecule has 0 aliphatic carbocycles. The fraction of sp³-hybridized carbons (Fsp3) is 0.615. The molecule has 3 N–H and O–H groups in total. The van der Waals surface area contributed by atoms with Crippen molar-refractivity contribution in [2.45, 2.75) is 32.7 Å². The Morgan fingerprint density at radius 3 is 2.65 bits per heavy atom. The van der Waals surface area contributed by atoms with Crippen LogP contribution in [0.25, 0.3) is 0 Å². The number of rotatable bonds is 7. The number of aliphatic hydroxyl groups is 1. The van der Waals surface area contributed by atoms with Gasteiger partial charge in [0.05, 0.1) is 24.2 Å². The summed E-state index contributed by atoms with van der Waals surface area (Å²) in [5.74, 6) is 0. The van der Waals surface area contributed by atoms with Gasteiger partial charge in [0.25, 0.3) is 0 Å². The Morgan fingerprint density at radius 2 is 2.18 bits per heavy atom. The van der Waals surface area contributed by atoms with Crippen LogP contribution in [0.5, 0.6) is 0 Å². The predicted molar refractivity (Wildman–Crippen MR) is 71.0 cm³/mol. The van der Waals surface area contributed by atoms with Crippen LogP contribution in [0.15, 0.2) is 18.3 Å². The first-order chi connectivity index (χ1) is 8.19. The van der Waals surface area contributed by atoms with E-state index in [1.165, 1.54) is 0 Å². The summed E-state index contributed by atoms with van der Waals surface area (Å²) >= 11 is 0. The van der Waals surface area contributed by atoms with Gasteiger partial charge in [-0.2, -0.15) is 0 Å². The first-order valence-electron chi connectivity index (χ1n) is 6.26. The van der Waals surface area contributed by atoms with Gasteiger partial charge in [-0.3, -0.25) is 4.98 Å². The Balaban J connectivity index is 2.72. The van der Waals surface area contributed by atoms with Crippen molar-refractivity contribution >= 4 is 5.69 Å². The largest absolute Gasteiger partial charge is 0.395 e. The maximum atomic E-state index is 9.06. The number of unbranched alkanes of at least 4 members (excludes halogenated alkanes) is 1. The number of pyridine rings is 1. The molecule has 4 nitrogen and oxygen atoms in total. The molecule has 0 fully saturated rings. The summed E-state index contributed by atoms with van der Waals surface area (Å²) in [4.78, 5) is 6.50. The zero-order chi connectivity index (χ0) is 12.7. The summed E-state index contributed by atoms with van der Waals surface area (Å²) in [6, 6.07) is 3.94. The second kappa shape index (κ2) is 7.25. The molecule has 4 heteroatoms. The van der Waals surface area contributed by atoms with Crippen LogP contribution in [0.2, 0.25) is 0 Å². The van der Waals surface area contributed by atoms with Gasteiger partial charge in [0.2, 0.25) is 0 Å². The molecule has 0 saturated carbocycles. The molecule has 1 atom stereocenters. The van der Waals surface area contributed by atoms with Crippen LogP contribution in [0, 0.1) is 0 Å². The number of hydrogen-bond donors (Lipinski definition) is 2. The summed E-state index contributed by atoms with van der Waals surface area (Å²) in [7, 11) is 0. The van der Waals surface area contributed by atoms with Crippen molar-refractivity contribution in [2.75, 3.05) is 24.6 Å². The molecule has 0 saturated heterocycles. The molecule has 1 rings (SSSR count). The molecule has 0 amide bonds. The molecule has 0 spiro atoms. The minimum absolute atomic E-state index is 0.0361. The molecule has 0 aliphatic rings. The third-order valence-corrected chi connectivity index (χ3v) is 2.75. The highest BCUT2D eigenvalue weighted by molar-refractivity contribution is 5.44. The molecule has 0 unspecified atom stereocenters. The highest BCUT2D eigenvalue weighted by atomic mass is 16.3. The lowest BCUT2D eigenvalue weighted by Crippen LogP contribution is -2.27. The van der Waals surface area contributed by atoms with Gasteiger partial charge in [0, 0.05) is 19.1 Å². The summed E-state index contributed by atoms with van der Waals surface area (Å²) in [5, 5.41) is 9.06. The van der Waals surface area contributed by atoms with E-state index < -0.39 is 0 Å². The van der Waals surface area contributed by atoms with E-state index in [9.17, 15) is 0 Å². The van der Waals surface area contributed by atoms with Crippen molar-refractivity contribution in [3.05, 3.63) is 24.0 Å². The van der Waals surface area contributed by atoms with Gasteiger partial charge in [-0.15, -0.1) is 0 Å². The zero-order valence-corrected chi connectivity index (χ0v) is 10.8. The summed E-state index contributed by atoms with van der Waals surface area (Å²) in [5.41, 5.74) is 7.71. The lowest BCUT2D eigenvalue weighted by Gasteiger charge is -2.23. The van der Waals surface area contributed by atoms with E-state index in [0.717, 1.165) is 30.8 Å². The molecule has 0 aliphatic heterocycles. The van der Waals surface area contributed by atoms with Crippen LogP contribution < -0.4 is 10.6 Å². The topological polar surface area (TPSA) is 62.4 Å². The average Bonchev–Trinajstić information content (AvgIpc) is 2.34. The van der Waals surface area contributed by atoms with Gasteiger partial charge in [0.15, 0.2) is 0 Å². The summed E-state index contributed by atoms with van der Waals surface area (Å²) < 4.78 is 0. The summed E-state index contributed by atoms with van der Waals surface area (Å²) in [6.45, 7) is 5.85. The van der Waals surface area contributed by atoms with Gasteiger partial charge in [-0.05, 0) is 25.5 Å². The van der Waals surface area contributed by atoms with Crippen molar-refractivity contribution in [3.63, 3.8) is 0 Å². The van der Waals surface area contributed by atoms with Crippen LogP contribution in [0.4, 0.5) is 5.69 Å². The number of nitrogens with two attached hydrogens (primary N) is 1. The van der Waals surface area contributed by atoms with E-state index in [1.54, 1.807) is 0 Å². The van der Waals surface area contributed by atoms with E-state index >= 15 is 0 Å². The van der Waals surface area contributed by atoms with E-state index in [2.05, 4.69) is 16.8 Å². The molecule has 0 aromatic carbocycles. The van der Waals surface area contributed by atoms with Gasteiger partial charge in [-0.25, -0.2) is 0 Å². The lowest BCUT2D eigenvalue weighted by atomic mass is 10.2. The van der Waals surface area contributed by atoms with E-state index in [0.29, 0.717) is 6.54 Å². The van der Waals surface area contributed by atoms with Gasteiger partial charge in [-0.1, -0.05) is 13.3 Å². The SMILES string of the molecule is CCCCN(CCO)c1ccc([C@@H](C)N)nc1. The van der Waals surface area contributed by atoms with Crippen molar-refractivity contribution < 1.29 is 5.11 Å². The van der Waals surface area contributed by atoms with Crippen LogP contribution >= 0.6 is 0 Å². The molecule has 0 radical (unpaired) electrons. The first kappa shape index (κ1) is 13.9. The zero-order valence-electron chi connectivity index (χ0n) is 10.8. The Labute approximate surface area is 103 Å². The molecular weight excluding hydrogens is 214 g/mol. The standard InChI is InChI=1S/C13H23N3O/c1-3-4-7-16(8-9-17)12-5-6-13(11(2)14)15-10-12/h5-6,10-11,17H,3-4,7-9,14H2,1-2H3/t11-/m1/s1. The van der Waals surface area contributed by atoms with Crippen LogP contribution in [0.1, 0.15) is 38.4 Å². The number of hydrogen-bond acceptors (Lipinski definition) is 4. The average molecular weight is 237 g/mol. The van der Waals surface area contributed by atoms with E-state index in [-0.39, 0.29) is 12.6 Å². The summed E-state index contributed by atoms with van der Waals surface area (Å²) in [6.07, 6.45) is 4.10. The van der Waals surface area contributed by atoms with Crippen LogP contribution in [-0.4, -0.2) is 29.8 Å². The molecule has 1 heterocycles. The monoisotopic (exact) mass is 237 g/mol. The van der Waals surface area contributed by atoms with E-state index in [4.69, 9.17) is 10.8 Å². The van der Waals surface area contributed by atoms with Crippen molar-refractivity contribution in [2.24, 2.45) is 5.73 Å². The predicted octanol–water partition coefficient (Wildman–Crippen LogP) is 1.70. The highest BCUT2D eigenvalue weighted by Gasteiger charge is 2.07. The second-order valence-corrected chi connectivity index (χ2v) is 4.29. The third-order valence-electron chi connectivity index (χ3n) is 2.75. The quantitative estimate of drug-likeness (QED) is 0.757. The Morgan fingerprint density at radius 1 is 1.41 bits per heavy atom. The molecule has 0 bridgehead atoms. The number of nitrogens with zero attached hydrogens (tertiary/aromatic N) is 2. The Hall–Kier alpha value is -1.13. The lowest BCUT2D eigenvalue weighted by molar-refractivity contribution is 0.301. The number of aromatic nitrogens is 1. The minimum Gasteiger partial charge on any atom is -0.395 e. The molecule has 17 heavy (non-hydrogen) atoms.